The van der Waals surface area contributed by atoms with Gasteiger partial charge in [-0.05, 0) is 75.2 Å². The molecule has 2 N–H and O–H groups in total. The van der Waals surface area contributed by atoms with E-state index in [4.69, 9.17) is 0 Å². The quantitative estimate of drug-likeness (QED) is 0.598. The van der Waals surface area contributed by atoms with Crippen LogP contribution in [-0.4, -0.2) is 16.4 Å². The maximum absolute atomic E-state index is 13.7. The third-order valence-corrected chi connectivity index (χ3v) is 5.14. The summed E-state index contributed by atoms with van der Waals surface area (Å²) in [6.45, 7) is 6.19. The highest BCUT2D eigenvalue weighted by Crippen LogP contribution is 2.29. The number of anilines is 2. The first kappa shape index (κ1) is 19.9. The Labute approximate surface area is 174 Å². The maximum Gasteiger partial charge on any atom is 0.248 e. The number of carbonyl (C=O) groups excluding carboxylic acids is 2. The van der Waals surface area contributed by atoms with Crippen LogP contribution in [0.3, 0.4) is 0 Å². The van der Waals surface area contributed by atoms with Crippen molar-refractivity contribution in [2.24, 2.45) is 0 Å². The summed E-state index contributed by atoms with van der Waals surface area (Å²) >= 11 is 0. The fourth-order valence-corrected chi connectivity index (χ4v) is 3.87. The number of nitrogens with one attached hydrogen (secondary N) is 2. The molecule has 0 aliphatic carbocycles. The Morgan fingerprint density at radius 1 is 1.13 bits per heavy atom. The highest BCUT2D eigenvalue weighted by molar-refractivity contribution is 6.03. The molecule has 0 fully saturated rings. The molecule has 0 bridgehead atoms. The Kier molecular flexibility index (Phi) is 4.94. The van der Waals surface area contributed by atoms with Gasteiger partial charge in [0, 0.05) is 46.0 Å². The number of aromatic nitrogens is 1. The molecular weight excluding hydrogens is 381 g/mol. The minimum atomic E-state index is -0.290. The van der Waals surface area contributed by atoms with Crippen molar-refractivity contribution in [3.05, 3.63) is 65.6 Å². The first-order valence-electron chi connectivity index (χ1n) is 9.94. The first-order chi connectivity index (χ1) is 14.2. The van der Waals surface area contributed by atoms with Gasteiger partial charge < -0.3 is 15.2 Å². The molecule has 5 nitrogen and oxygen atoms in total. The molecule has 1 aliphatic heterocycles. The fraction of sp³-hybridized carbons (Fsp3) is 0.250. The van der Waals surface area contributed by atoms with E-state index >= 15 is 0 Å². The summed E-state index contributed by atoms with van der Waals surface area (Å²) in [6.07, 6.45) is 4.38. The second-order valence-corrected chi connectivity index (χ2v) is 8.52. The molecule has 0 saturated carbocycles. The Bertz CT molecular complexity index is 1190. The van der Waals surface area contributed by atoms with Crippen LogP contribution in [0.5, 0.6) is 0 Å². The average molecular weight is 405 g/mol. The number of aryl methyl sites for hydroxylation is 1. The zero-order chi connectivity index (χ0) is 21.5. The molecule has 0 radical (unpaired) electrons. The van der Waals surface area contributed by atoms with Crippen molar-refractivity contribution in [3.8, 4) is 0 Å². The number of carbonyl (C=O) groups is 2. The van der Waals surface area contributed by atoms with Gasteiger partial charge in [-0.25, -0.2) is 4.39 Å². The lowest BCUT2D eigenvalue weighted by molar-refractivity contribution is -0.116. The topological polar surface area (TPSA) is 63.1 Å². The number of hydrogen-bond acceptors (Lipinski definition) is 2. The standard InChI is InChI=1S/C24H24FN3O2/c1-24(2,3)28-19(13-16-12-17(25)6-9-21(16)28)8-11-22(29)26-18-7-4-15-5-10-23(30)27-20(15)14-18/h4,6-9,11-14H,5,10H2,1-3H3,(H,26,29)(H,27,30)/b11-8+. The Morgan fingerprint density at radius 2 is 1.93 bits per heavy atom. The van der Waals surface area contributed by atoms with Crippen LogP contribution in [0, 0.1) is 5.82 Å². The van der Waals surface area contributed by atoms with Gasteiger partial charge in [-0.2, -0.15) is 0 Å². The predicted octanol–water partition coefficient (Wildman–Crippen LogP) is 5.07. The van der Waals surface area contributed by atoms with Gasteiger partial charge in [-0.15, -0.1) is 0 Å². The molecule has 2 heterocycles. The van der Waals surface area contributed by atoms with E-state index in [1.165, 1.54) is 18.2 Å². The van der Waals surface area contributed by atoms with Gasteiger partial charge in [0.25, 0.3) is 0 Å². The largest absolute Gasteiger partial charge is 0.336 e. The number of fused-ring (bicyclic) bond motifs is 2. The number of nitrogens with zero attached hydrogens (tertiary/aromatic N) is 1. The summed E-state index contributed by atoms with van der Waals surface area (Å²) in [6, 6.07) is 12.1. The third kappa shape index (κ3) is 3.99. The van der Waals surface area contributed by atoms with Crippen LogP contribution < -0.4 is 10.6 Å². The van der Waals surface area contributed by atoms with E-state index in [-0.39, 0.29) is 23.2 Å². The molecule has 1 aromatic heterocycles. The Morgan fingerprint density at radius 3 is 2.70 bits per heavy atom. The van der Waals surface area contributed by atoms with E-state index in [0.29, 0.717) is 18.5 Å². The summed E-state index contributed by atoms with van der Waals surface area (Å²) in [5, 5.41) is 6.45. The zero-order valence-corrected chi connectivity index (χ0v) is 17.3. The van der Waals surface area contributed by atoms with Crippen molar-refractivity contribution in [1.29, 1.82) is 0 Å². The molecule has 154 valence electrons. The summed E-state index contributed by atoms with van der Waals surface area (Å²) < 4.78 is 15.7. The van der Waals surface area contributed by atoms with Crippen LogP contribution in [0.1, 0.15) is 38.4 Å². The van der Waals surface area contributed by atoms with E-state index in [1.54, 1.807) is 18.2 Å². The van der Waals surface area contributed by atoms with Crippen LogP contribution >= 0.6 is 0 Å². The van der Waals surface area contributed by atoms with E-state index in [9.17, 15) is 14.0 Å². The normalized spacial score (nSPS) is 14.1. The molecule has 4 rings (SSSR count). The molecule has 0 unspecified atom stereocenters. The molecule has 3 aromatic rings. The van der Waals surface area contributed by atoms with Crippen molar-refractivity contribution in [2.75, 3.05) is 10.6 Å². The van der Waals surface area contributed by atoms with Gasteiger partial charge in [0.2, 0.25) is 11.8 Å². The molecule has 0 atom stereocenters. The number of rotatable bonds is 3. The van der Waals surface area contributed by atoms with Crippen molar-refractivity contribution in [2.45, 2.75) is 39.2 Å². The predicted molar refractivity (Wildman–Crippen MR) is 118 cm³/mol. The van der Waals surface area contributed by atoms with Crippen LogP contribution in [0.25, 0.3) is 17.0 Å². The van der Waals surface area contributed by atoms with E-state index in [1.807, 2.05) is 18.2 Å². The van der Waals surface area contributed by atoms with Crippen LogP contribution in [0.15, 0.2) is 48.5 Å². The summed E-state index contributed by atoms with van der Waals surface area (Å²) in [4.78, 5) is 24.1. The summed E-state index contributed by atoms with van der Waals surface area (Å²) in [5.74, 6) is -0.590. The fourth-order valence-electron chi connectivity index (χ4n) is 3.87. The van der Waals surface area contributed by atoms with Gasteiger partial charge in [-0.3, -0.25) is 9.59 Å². The van der Waals surface area contributed by atoms with Crippen LogP contribution in [-0.2, 0) is 21.5 Å². The average Bonchev–Trinajstić information content (AvgIpc) is 3.04. The molecular formula is C24H24FN3O2. The second-order valence-electron chi connectivity index (χ2n) is 8.52. The molecule has 30 heavy (non-hydrogen) atoms. The van der Waals surface area contributed by atoms with Crippen molar-refractivity contribution in [3.63, 3.8) is 0 Å². The number of halogens is 1. The van der Waals surface area contributed by atoms with Gasteiger partial charge in [0.1, 0.15) is 5.82 Å². The molecule has 2 amide bonds. The molecule has 6 heteroatoms. The SMILES string of the molecule is CC(C)(C)n1c(/C=C/C(=O)Nc2ccc3c(c2)NC(=O)CC3)cc2cc(F)ccc21. The molecule has 2 aromatic carbocycles. The van der Waals surface area contributed by atoms with Gasteiger partial charge >= 0.3 is 0 Å². The number of hydrogen-bond donors (Lipinski definition) is 2. The van der Waals surface area contributed by atoms with Gasteiger partial charge in [-0.1, -0.05) is 6.07 Å². The monoisotopic (exact) mass is 405 g/mol. The van der Waals surface area contributed by atoms with E-state index < -0.39 is 0 Å². The lowest BCUT2D eigenvalue weighted by Gasteiger charge is -2.25. The molecule has 0 spiro atoms. The van der Waals surface area contributed by atoms with Gasteiger partial charge in [0.15, 0.2) is 0 Å². The number of amides is 2. The van der Waals surface area contributed by atoms with Crippen molar-refractivity contribution < 1.29 is 14.0 Å². The van der Waals surface area contributed by atoms with Gasteiger partial charge in [0.05, 0.1) is 0 Å². The van der Waals surface area contributed by atoms with E-state index in [0.717, 1.165) is 27.8 Å². The van der Waals surface area contributed by atoms with Crippen LogP contribution in [0.4, 0.5) is 15.8 Å². The molecule has 0 saturated heterocycles. The first-order valence-corrected chi connectivity index (χ1v) is 9.94. The second kappa shape index (κ2) is 7.44. The summed E-state index contributed by atoms with van der Waals surface area (Å²) in [7, 11) is 0. The highest BCUT2D eigenvalue weighted by atomic mass is 19.1. The lowest BCUT2D eigenvalue weighted by Crippen LogP contribution is -2.22. The highest BCUT2D eigenvalue weighted by Gasteiger charge is 2.19. The molecule has 1 aliphatic rings. The number of benzene rings is 2. The van der Waals surface area contributed by atoms with Crippen molar-refractivity contribution >= 4 is 40.2 Å². The minimum Gasteiger partial charge on any atom is -0.336 e. The smallest absolute Gasteiger partial charge is 0.248 e. The minimum absolute atomic E-state index is 0.0164. The van der Waals surface area contributed by atoms with Crippen LogP contribution in [0.2, 0.25) is 0 Å². The maximum atomic E-state index is 13.7. The lowest BCUT2D eigenvalue weighted by atomic mass is 10.0. The third-order valence-electron chi connectivity index (χ3n) is 5.14. The zero-order valence-electron chi connectivity index (χ0n) is 17.3. The Balaban J connectivity index is 1.58. The van der Waals surface area contributed by atoms with E-state index in [2.05, 4.69) is 36.0 Å². The van der Waals surface area contributed by atoms with Crippen molar-refractivity contribution in [1.82, 2.24) is 4.57 Å². The Hall–Kier alpha value is -3.41. The summed E-state index contributed by atoms with van der Waals surface area (Å²) in [5.41, 5.74) is 3.90.